The van der Waals surface area contributed by atoms with Gasteiger partial charge in [-0.3, -0.25) is 4.79 Å². The highest BCUT2D eigenvalue weighted by Gasteiger charge is 2.98. The van der Waals surface area contributed by atoms with E-state index in [-0.39, 0.29) is 0 Å². The summed E-state index contributed by atoms with van der Waals surface area (Å²) < 4.78 is 269. The van der Waals surface area contributed by atoms with Crippen molar-refractivity contribution in [2.24, 2.45) is 0 Å². The van der Waals surface area contributed by atoms with Gasteiger partial charge in [0.25, 0.3) is 0 Å². The molecule has 0 atom stereocenters. The number of hydrogen-bond acceptors (Lipinski definition) is 2. The van der Waals surface area contributed by atoms with E-state index in [4.69, 9.17) is 0 Å². The second kappa shape index (κ2) is 9.53. The number of halogens is 21. The van der Waals surface area contributed by atoms with Gasteiger partial charge in [-0.15, -0.1) is 0 Å². The smallest absolute Gasteiger partial charge is 0.305 e. The van der Waals surface area contributed by atoms with E-state index >= 15 is 0 Å². The van der Waals surface area contributed by atoms with Gasteiger partial charge in [-0.05, 0) is 23.7 Å². The van der Waals surface area contributed by atoms with Crippen molar-refractivity contribution in [2.45, 2.75) is 58.7 Å². The van der Waals surface area contributed by atoms with Crippen molar-refractivity contribution in [3.8, 4) is 0 Å². The second-order valence-corrected chi connectivity index (χ2v) is 7.81. The fourth-order valence-electron chi connectivity index (χ4n) is 2.33. The van der Waals surface area contributed by atoms with Crippen LogP contribution < -0.4 is 5.32 Å². The standard InChI is InChI=1S/C16H5ClF20N2O/c17-16(36,37)15(34,35)14(32,33)13(30,31)12(28,29)11(26,27)10(24,25)9(22,23)8(20,21)7(18,19)6(40)39-5-3-1-2-4-38-5/h1-4H,(H,38,39,40). The van der Waals surface area contributed by atoms with E-state index in [1.165, 1.54) is 0 Å². The predicted molar refractivity (Wildman–Crippen MR) is 88.2 cm³/mol. The highest BCUT2D eigenvalue weighted by Crippen LogP contribution is 2.66. The number of anilines is 1. The number of nitrogens with one attached hydrogen (secondary N) is 1. The van der Waals surface area contributed by atoms with Crippen molar-refractivity contribution in [3.63, 3.8) is 0 Å². The van der Waals surface area contributed by atoms with Gasteiger partial charge in [0.2, 0.25) is 0 Å². The fraction of sp³-hybridized carbons (Fsp3) is 0.625. The second-order valence-electron chi connectivity index (χ2n) is 7.34. The molecule has 0 aliphatic heterocycles. The van der Waals surface area contributed by atoms with E-state index in [1.807, 2.05) is 0 Å². The van der Waals surface area contributed by atoms with Crippen LogP contribution in [0.3, 0.4) is 0 Å². The van der Waals surface area contributed by atoms with Crippen LogP contribution in [-0.2, 0) is 4.79 Å². The molecule has 40 heavy (non-hydrogen) atoms. The maximum Gasteiger partial charge on any atom is 0.393 e. The number of rotatable bonds is 11. The molecule has 0 radical (unpaired) electrons. The van der Waals surface area contributed by atoms with Crippen LogP contribution >= 0.6 is 11.6 Å². The number of carbonyl (C=O) groups excluding carboxylic acids is 1. The first-order valence-corrected chi connectivity index (χ1v) is 9.32. The Kier molecular flexibility index (Phi) is 8.47. The van der Waals surface area contributed by atoms with Gasteiger partial charge >= 0.3 is 64.6 Å². The van der Waals surface area contributed by atoms with Gasteiger partial charge in [-0.1, -0.05) is 6.07 Å². The Morgan fingerprint density at radius 1 is 0.550 bits per heavy atom. The lowest BCUT2D eigenvalue weighted by atomic mass is 9.86. The van der Waals surface area contributed by atoms with Crippen molar-refractivity contribution in [1.82, 2.24) is 4.98 Å². The highest BCUT2D eigenvalue weighted by atomic mass is 35.5. The van der Waals surface area contributed by atoms with E-state index in [0.717, 1.165) is 12.1 Å². The molecule has 24 heteroatoms. The molecule has 0 aromatic carbocycles. The third-order valence-corrected chi connectivity index (χ3v) is 4.94. The summed E-state index contributed by atoms with van der Waals surface area (Å²) in [5, 5.41) is -6.50. The van der Waals surface area contributed by atoms with Crippen LogP contribution in [0.25, 0.3) is 0 Å². The molecule has 0 saturated carbocycles. The van der Waals surface area contributed by atoms with Crippen LogP contribution in [0.5, 0.6) is 0 Å². The van der Waals surface area contributed by atoms with Crippen molar-refractivity contribution in [2.75, 3.05) is 5.32 Å². The molecule has 0 bridgehead atoms. The van der Waals surface area contributed by atoms with Crippen molar-refractivity contribution in [1.29, 1.82) is 0 Å². The topological polar surface area (TPSA) is 42.0 Å². The molecule has 0 saturated heterocycles. The average Bonchev–Trinajstić information content (AvgIpc) is 2.77. The Bertz CT molecular complexity index is 1080. The molecule has 232 valence electrons. The number of amides is 1. The van der Waals surface area contributed by atoms with E-state index in [2.05, 4.69) is 16.6 Å². The van der Waals surface area contributed by atoms with E-state index in [1.54, 1.807) is 0 Å². The maximum atomic E-state index is 13.8. The first-order chi connectivity index (χ1) is 17.2. The zero-order valence-electron chi connectivity index (χ0n) is 17.6. The van der Waals surface area contributed by atoms with Crippen LogP contribution in [0.2, 0.25) is 0 Å². The molecule has 1 rings (SSSR count). The number of aromatic nitrogens is 1. The van der Waals surface area contributed by atoms with E-state index < -0.39 is 70.4 Å². The van der Waals surface area contributed by atoms with Gasteiger partial charge in [-0.25, -0.2) is 4.98 Å². The van der Waals surface area contributed by atoms with Gasteiger partial charge in [-0.2, -0.15) is 87.8 Å². The summed E-state index contributed by atoms with van der Waals surface area (Å²) in [6.45, 7) is 0. The van der Waals surface area contributed by atoms with Crippen molar-refractivity contribution >= 4 is 23.3 Å². The molecule has 1 aromatic heterocycles. The summed E-state index contributed by atoms with van der Waals surface area (Å²) in [6, 6.07) is 2.17. The van der Waals surface area contributed by atoms with Crippen molar-refractivity contribution in [3.05, 3.63) is 24.4 Å². The molecule has 0 aliphatic carbocycles. The van der Waals surface area contributed by atoms with Crippen molar-refractivity contribution < 1.29 is 92.6 Å². The first kappa shape index (κ1) is 35.5. The average molecular weight is 657 g/mol. The highest BCUT2D eigenvalue weighted by molar-refractivity contribution is 6.22. The maximum absolute atomic E-state index is 13.8. The zero-order chi connectivity index (χ0) is 32.4. The van der Waals surface area contributed by atoms with E-state index in [0.29, 0.717) is 17.6 Å². The monoisotopic (exact) mass is 656 g/mol. The largest absolute Gasteiger partial charge is 0.393 e. The van der Waals surface area contributed by atoms with Crippen LogP contribution in [0.4, 0.5) is 93.6 Å². The molecule has 0 unspecified atom stereocenters. The molecule has 1 aromatic rings. The number of pyridine rings is 1. The van der Waals surface area contributed by atoms with Crippen LogP contribution in [-0.4, -0.2) is 69.6 Å². The molecule has 1 amide bonds. The van der Waals surface area contributed by atoms with Gasteiger partial charge < -0.3 is 5.32 Å². The van der Waals surface area contributed by atoms with E-state index in [9.17, 15) is 92.6 Å². The third kappa shape index (κ3) is 4.54. The zero-order valence-corrected chi connectivity index (χ0v) is 18.4. The van der Waals surface area contributed by atoms with Gasteiger partial charge in [0, 0.05) is 6.20 Å². The summed E-state index contributed by atoms with van der Waals surface area (Å²) in [6.07, 6.45) is 0.594. The number of nitrogens with zero attached hydrogens (tertiary/aromatic N) is 1. The summed E-state index contributed by atoms with van der Waals surface area (Å²) in [5.41, 5.74) is 0. The summed E-state index contributed by atoms with van der Waals surface area (Å²) >= 11 is 3.32. The van der Waals surface area contributed by atoms with Gasteiger partial charge in [0.05, 0.1) is 0 Å². The van der Waals surface area contributed by atoms with Crippen LogP contribution in [0.15, 0.2) is 24.4 Å². The Balaban J connectivity index is 3.72. The quantitative estimate of drug-likeness (QED) is 0.197. The Hall–Kier alpha value is -2.49. The molecular weight excluding hydrogens is 652 g/mol. The minimum absolute atomic E-state index is 0.440. The molecule has 0 fully saturated rings. The minimum atomic E-state index is -9.19. The molecular formula is C16H5ClF20N2O. The minimum Gasteiger partial charge on any atom is -0.305 e. The normalized spacial score (nSPS) is 15.7. The molecule has 0 aliphatic rings. The summed E-state index contributed by atoms with van der Waals surface area (Å²) in [7, 11) is 0. The summed E-state index contributed by atoms with van der Waals surface area (Å²) in [5.74, 6) is -82.7. The molecule has 3 nitrogen and oxygen atoms in total. The van der Waals surface area contributed by atoms with Crippen LogP contribution in [0, 0.1) is 0 Å². The lowest BCUT2D eigenvalue weighted by Gasteiger charge is -2.44. The lowest BCUT2D eigenvalue weighted by Crippen LogP contribution is -2.77. The Labute approximate surface area is 210 Å². The molecule has 1 N–H and O–H groups in total. The predicted octanol–water partition coefficient (Wildman–Crippen LogP) is 7.57. The number of alkyl halides is 21. The number of hydrogen-bond donors (Lipinski definition) is 1. The van der Waals surface area contributed by atoms with Crippen LogP contribution in [0.1, 0.15) is 0 Å². The Morgan fingerprint density at radius 2 is 0.875 bits per heavy atom. The first-order valence-electron chi connectivity index (χ1n) is 8.94. The van der Waals surface area contributed by atoms with Gasteiger partial charge in [0.15, 0.2) is 0 Å². The number of carbonyl (C=O) groups is 1. The molecule has 1 heterocycles. The molecule has 0 spiro atoms. The third-order valence-electron chi connectivity index (χ3n) is 4.70. The fourth-order valence-corrected chi connectivity index (χ4v) is 2.45. The Morgan fingerprint density at radius 3 is 1.18 bits per heavy atom. The van der Waals surface area contributed by atoms with Gasteiger partial charge in [0.1, 0.15) is 5.82 Å². The lowest BCUT2D eigenvalue weighted by molar-refractivity contribution is -0.464. The SMILES string of the molecule is O=C(Nc1ccccn1)C(F)(F)C(F)(F)C(F)(F)C(F)(F)C(F)(F)C(F)(F)C(F)(F)C(F)(F)C(F)(F)C(F)(F)Cl. The summed E-state index contributed by atoms with van der Waals surface area (Å²) in [4.78, 5) is 14.3.